The van der Waals surface area contributed by atoms with Crippen molar-refractivity contribution in [3.05, 3.63) is 72.1 Å². The summed E-state index contributed by atoms with van der Waals surface area (Å²) in [7, 11) is 4.07. The van der Waals surface area contributed by atoms with Crippen molar-refractivity contribution in [2.24, 2.45) is 5.73 Å². The zero-order valence-corrected chi connectivity index (χ0v) is 14.4. The first kappa shape index (κ1) is 15.7. The maximum atomic E-state index is 6.70. The third-order valence-corrected chi connectivity index (χ3v) is 4.78. The first-order valence-corrected chi connectivity index (χ1v) is 8.39. The molecule has 0 saturated carbocycles. The van der Waals surface area contributed by atoms with Crippen LogP contribution in [0.5, 0.6) is 0 Å². The molecule has 25 heavy (non-hydrogen) atoms. The SMILES string of the molecule is CN(C)c1ccc([C@@H]2Nc3ncnn3[C@@H](c3ccccc3)[C@H]2N)cc1. The predicted octanol–water partition coefficient (Wildman–Crippen LogP) is 2.43. The quantitative estimate of drug-likeness (QED) is 0.770. The summed E-state index contributed by atoms with van der Waals surface area (Å²) in [6.07, 6.45) is 1.57. The largest absolute Gasteiger partial charge is 0.378 e. The lowest BCUT2D eigenvalue weighted by Gasteiger charge is -2.37. The fourth-order valence-electron chi connectivity index (χ4n) is 3.44. The molecule has 3 aromatic rings. The van der Waals surface area contributed by atoms with E-state index >= 15 is 0 Å². The second-order valence-electron chi connectivity index (χ2n) is 6.57. The van der Waals surface area contributed by atoms with Crippen molar-refractivity contribution < 1.29 is 0 Å². The third kappa shape index (κ3) is 2.74. The van der Waals surface area contributed by atoms with Crippen molar-refractivity contribution in [1.29, 1.82) is 0 Å². The number of fused-ring (bicyclic) bond motifs is 1. The van der Waals surface area contributed by atoms with Crippen molar-refractivity contribution in [3.8, 4) is 0 Å². The number of rotatable bonds is 3. The summed E-state index contributed by atoms with van der Waals surface area (Å²) in [6.45, 7) is 0. The van der Waals surface area contributed by atoms with E-state index < -0.39 is 0 Å². The van der Waals surface area contributed by atoms with Crippen molar-refractivity contribution in [2.75, 3.05) is 24.3 Å². The van der Waals surface area contributed by atoms with Gasteiger partial charge >= 0.3 is 0 Å². The minimum Gasteiger partial charge on any atom is -0.378 e. The summed E-state index contributed by atoms with van der Waals surface area (Å²) >= 11 is 0. The summed E-state index contributed by atoms with van der Waals surface area (Å²) in [6, 6.07) is 18.5. The van der Waals surface area contributed by atoms with Gasteiger partial charge in [0.1, 0.15) is 6.33 Å². The highest BCUT2D eigenvalue weighted by atomic mass is 15.4. The summed E-state index contributed by atoms with van der Waals surface area (Å²) in [4.78, 5) is 6.45. The Balaban J connectivity index is 1.73. The highest BCUT2D eigenvalue weighted by Crippen LogP contribution is 2.36. The molecule has 1 aliphatic heterocycles. The standard InChI is InChI=1S/C19H22N6/c1-24(2)15-10-8-13(9-11-15)17-16(20)18(14-6-4-3-5-7-14)25-19(23-17)21-12-22-25/h3-12,16-18H,20H2,1-2H3,(H,21,22,23)/t16-,17-,18-/m0/s1. The molecule has 0 aliphatic carbocycles. The lowest BCUT2D eigenvalue weighted by molar-refractivity contribution is 0.371. The Morgan fingerprint density at radius 2 is 1.72 bits per heavy atom. The molecule has 3 atom stereocenters. The molecule has 0 spiro atoms. The number of benzene rings is 2. The van der Waals surface area contributed by atoms with Gasteiger partial charge in [-0.25, -0.2) is 4.68 Å². The van der Waals surface area contributed by atoms with Crippen LogP contribution in [0.2, 0.25) is 0 Å². The van der Waals surface area contributed by atoms with Crippen LogP contribution in [0.4, 0.5) is 11.6 Å². The van der Waals surface area contributed by atoms with Gasteiger partial charge in [0.25, 0.3) is 0 Å². The second kappa shape index (κ2) is 6.22. The molecule has 2 heterocycles. The van der Waals surface area contributed by atoms with E-state index in [-0.39, 0.29) is 18.1 Å². The van der Waals surface area contributed by atoms with E-state index in [1.807, 2.05) is 37.0 Å². The van der Waals surface area contributed by atoms with Crippen molar-refractivity contribution in [2.45, 2.75) is 18.1 Å². The monoisotopic (exact) mass is 334 g/mol. The Morgan fingerprint density at radius 1 is 1.00 bits per heavy atom. The number of hydrogen-bond acceptors (Lipinski definition) is 5. The van der Waals surface area contributed by atoms with E-state index in [9.17, 15) is 0 Å². The minimum atomic E-state index is -0.165. The maximum Gasteiger partial charge on any atom is 0.222 e. The van der Waals surface area contributed by atoms with Crippen LogP contribution in [0.3, 0.4) is 0 Å². The fourth-order valence-corrected chi connectivity index (χ4v) is 3.44. The van der Waals surface area contributed by atoms with Gasteiger partial charge in [-0.2, -0.15) is 10.1 Å². The third-order valence-electron chi connectivity index (χ3n) is 4.78. The summed E-state index contributed by atoms with van der Waals surface area (Å²) in [5, 5.41) is 7.83. The van der Waals surface area contributed by atoms with Gasteiger partial charge < -0.3 is 16.0 Å². The molecule has 4 rings (SSSR count). The average molecular weight is 334 g/mol. The van der Waals surface area contributed by atoms with Gasteiger partial charge in [-0.3, -0.25) is 0 Å². The van der Waals surface area contributed by atoms with E-state index in [1.54, 1.807) is 6.33 Å². The molecule has 6 heteroatoms. The number of hydrogen-bond donors (Lipinski definition) is 2. The van der Waals surface area contributed by atoms with Crippen LogP contribution in [-0.2, 0) is 0 Å². The molecule has 0 bridgehead atoms. The topological polar surface area (TPSA) is 72.0 Å². The second-order valence-corrected chi connectivity index (χ2v) is 6.57. The molecular weight excluding hydrogens is 312 g/mol. The number of anilines is 2. The first-order valence-electron chi connectivity index (χ1n) is 8.39. The number of nitrogens with zero attached hydrogens (tertiary/aromatic N) is 4. The molecule has 0 radical (unpaired) electrons. The molecule has 1 aromatic heterocycles. The molecule has 0 unspecified atom stereocenters. The highest BCUT2D eigenvalue weighted by Gasteiger charge is 2.37. The molecular formula is C19H22N6. The van der Waals surface area contributed by atoms with Crippen LogP contribution in [0.15, 0.2) is 60.9 Å². The molecule has 128 valence electrons. The van der Waals surface area contributed by atoms with Gasteiger partial charge in [-0.15, -0.1) is 0 Å². The van der Waals surface area contributed by atoms with Crippen LogP contribution in [-0.4, -0.2) is 34.9 Å². The molecule has 0 amide bonds. The van der Waals surface area contributed by atoms with Gasteiger partial charge in [0, 0.05) is 19.8 Å². The van der Waals surface area contributed by atoms with Gasteiger partial charge in [0.15, 0.2) is 0 Å². The Hall–Kier alpha value is -2.86. The number of aromatic nitrogens is 3. The normalized spacial score (nSPS) is 22.1. The summed E-state index contributed by atoms with van der Waals surface area (Å²) in [5.41, 5.74) is 10.1. The average Bonchev–Trinajstić information content (AvgIpc) is 3.10. The molecule has 3 N–H and O–H groups in total. The highest BCUT2D eigenvalue weighted by molar-refractivity contribution is 5.49. The van der Waals surface area contributed by atoms with Crippen LogP contribution in [0, 0.1) is 0 Å². The van der Waals surface area contributed by atoms with Crippen molar-refractivity contribution in [3.63, 3.8) is 0 Å². The zero-order valence-electron chi connectivity index (χ0n) is 14.4. The van der Waals surface area contributed by atoms with Gasteiger partial charge in [-0.1, -0.05) is 42.5 Å². The molecule has 2 aromatic carbocycles. The smallest absolute Gasteiger partial charge is 0.222 e. The van der Waals surface area contributed by atoms with E-state index in [4.69, 9.17) is 5.73 Å². The Bertz CT molecular complexity index is 840. The molecule has 6 nitrogen and oxygen atoms in total. The summed E-state index contributed by atoms with van der Waals surface area (Å²) in [5.74, 6) is 0.747. The van der Waals surface area contributed by atoms with Crippen molar-refractivity contribution >= 4 is 11.6 Å². The van der Waals surface area contributed by atoms with Crippen molar-refractivity contribution in [1.82, 2.24) is 14.8 Å². The van der Waals surface area contributed by atoms with E-state index in [1.165, 1.54) is 0 Å². The van der Waals surface area contributed by atoms with Crippen LogP contribution < -0.4 is 16.0 Å². The van der Waals surface area contributed by atoms with E-state index in [0.29, 0.717) is 0 Å². The van der Waals surface area contributed by atoms with Gasteiger partial charge in [0.05, 0.1) is 18.1 Å². The van der Waals surface area contributed by atoms with E-state index in [2.05, 4.69) is 56.7 Å². The molecule has 0 fully saturated rings. The first-order chi connectivity index (χ1) is 12.1. The van der Waals surface area contributed by atoms with Crippen LogP contribution >= 0.6 is 0 Å². The summed E-state index contributed by atoms with van der Waals surface area (Å²) < 4.78 is 1.88. The van der Waals surface area contributed by atoms with Crippen LogP contribution in [0.1, 0.15) is 23.2 Å². The van der Waals surface area contributed by atoms with Gasteiger partial charge in [-0.05, 0) is 23.3 Å². The number of nitrogens with two attached hydrogens (primary N) is 1. The lowest BCUT2D eigenvalue weighted by Crippen LogP contribution is -2.46. The van der Waals surface area contributed by atoms with E-state index in [0.717, 1.165) is 22.8 Å². The predicted molar refractivity (Wildman–Crippen MR) is 99.7 cm³/mol. The van der Waals surface area contributed by atoms with Gasteiger partial charge in [0.2, 0.25) is 5.95 Å². The Kier molecular flexibility index (Phi) is 3.89. The molecule has 0 saturated heterocycles. The van der Waals surface area contributed by atoms with Crippen LogP contribution in [0.25, 0.3) is 0 Å². The number of nitrogens with one attached hydrogen (secondary N) is 1. The zero-order chi connectivity index (χ0) is 17.4. The molecule has 1 aliphatic rings. The Labute approximate surface area is 147 Å². The lowest BCUT2D eigenvalue weighted by atomic mass is 9.89. The maximum absolute atomic E-state index is 6.70. The minimum absolute atomic E-state index is 0.0295. The Morgan fingerprint density at radius 3 is 2.40 bits per heavy atom. The fraction of sp³-hybridized carbons (Fsp3) is 0.263.